The van der Waals surface area contributed by atoms with Crippen LogP contribution in [0.3, 0.4) is 0 Å². The number of hydrogen-bond donors (Lipinski definition) is 2. The molecule has 9 heteroatoms. The van der Waals surface area contributed by atoms with Crippen molar-refractivity contribution in [2.24, 2.45) is 7.05 Å². The molecule has 0 fully saturated rings. The van der Waals surface area contributed by atoms with Crippen molar-refractivity contribution in [2.45, 2.75) is 37.5 Å². The van der Waals surface area contributed by atoms with Crippen LogP contribution in [0, 0.1) is 6.92 Å². The third kappa shape index (κ3) is 5.11. The first-order chi connectivity index (χ1) is 13.3. The number of benzene rings is 1. The number of aliphatic hydroxyl groups is 1. The second kappa shape index (κ2) is 9.70. The van der Waals surface area contributed by atoms with E-state index in [2.05, 4.69) is 10.4 Å². The average Bonchev–Trinajstić information content (AvgIpc) is 3.05. The van der Waals surface area contributed by atoms with Crippen molar-refractivity contribution in [1.29, 1.82) is 0 Å². The number of anilines is 1. The Morgan fingerprint density at radius 1 is 1.18 bits per heavy atom. The molecule has 1 aromatic carbocycles. The number of carbonyl (C=O) groups is 1. The van der Waals surface area contributed by atoms with Gasteiger partial charge in [0.1, 0.15) is 5.56 Å². The topological polar surface area (TPSA) is 105 Å². The Kier molecular flexibility index (Phi) is 7.59. The molecular formula is C19H28N4O4S. The Morgan fingerprint density at radius 3 is 2.46 bits per heavy atom. The molecule has 0 saturated carbocycles. The van der Waals surface area contributed by atoms with Crippen LogP contribution in [0.25, 0.3) is 0 Å². The van der Waals surface area contributed by atoms with Crippen molar-refractivity contribution < 1.29 is 18.3 Å². The fourth-order valence-corrected chi connectivity index (χ4v) is 4.07. The van der Waals surface area contributed by atoms with E-state index in [1.54, 1.807) is 31.3 Å². The van der Waals surface area contributed by atoms with Crippen LogP contribution in [0.5, 0.6) is 0 Å². The molecule has 2 aromatic rings. The summed E-state index contributed by atoms with van der Waals surface area (Å²) in [4.78, 5) is 12.7. The SMILES string of the molecule is Cc1ccc(S(=O)(=O)N(C)c2c(C(=O)NCCCCCCO)cnn2C)cc1. The zero-order chi connectivity index (χ0) is 20.7. The molecule has 0 atom stereocenters. The number of carbonyl (C=O) groups excluding carboxylic acids is 1. The number of sulfonamides is 1. The molecule has 0 bridgehead atoms. The third-order valence-electron chi connectivity index (χ3n) is 4.50. The van der Waals surface area contributed by atoms with Crippen molar-refractivity contribution in [3.63, 3.8) is 0 Å². The van der Waals surface area contributed by atoms with Crippen LogP contribution in [-0.4, -0.2) is 49.4 Å². The summed E-state index contributed by atoms with van der Waals surface area (Å²) < 4.78 is 28.4. The van der Waals surface area contributed by atoms with Crippen LogP contribution >= 0.6 is 0 Å². The second-order valence-corrected chi connectivity index (χ2v) is 8.65. The molecule has 0 unspecified atom stereocenters. The molecule has 0 aliphatic heterocycles. The monoisotopic (exact) mass is 408 g/mol. The Labute approximate surface area is 166 Å². The molecule has 154 valence electrons. The maximum absolute atomic E-state index is 13.0. The summed E-state index contributed by atoms with van der Waals surface area (Å²) >= 11 is 0. The number of rotatable bonds is 10. The van der Waals surface area contributed by atoms with Gasteiger partial charge in [-0.15, -0.1) is 0 Å². The van der Waals surface area contributed by atoms with Crippen molar-refractivity contribution >= 4 is 21.7 Å². The molecule has 0 aliphatic carbocycles. The summed E-state index contributed by atoms with van der Waals surface area (Å²) in [5.41, 5.74) is 1.16. The van der Waals surface area contributed by atoms with Crippen LogP contribution in [0.2, 0.25) is 0 Å². The minimum absolute atomic E-state index is 0.150. The lowest BCUT2D eigenvalue weighted by Gasteiger charge is -2.21. The fourth-order valence-electron chi connectivity index (χ4n) is 2.83. The Hall–Kier alpha value is -2.39. The van der Waals surface area contributed by atoms with Crippen LogP contribution in [0.1, 0.15) is 41.6 Å². The lowest BCUT2D eigenvalue weighted by Crippen LogP contribution is -2.32. The van der Waals surface area contributed by atoms with Crippen LogP contribution in [0.4, 0.5) is 5.82 Å². The van der Waals surface area contributed by atoms with Gasteiger partial charge in [-0.25, -0.2) is 8.42 Å². The largest absolute Gasteiger partial charge is 0.396 e. The molecule has 0 aliphatic rings. The van der Waals surface area contributed by atoms with Gasteiger partial charge in [0.05, 0.1) is 11.1 Å². The van der Waals surface area contributed by atoms with Gasteiger partial charge in [0.15, 0.2) is 5.82 Å². The molecule has 2 N–H and O–H groups in total. The highest BCUT2D eigenvalue weighted by atomic mass is 32.2. The predicted octanol–water partition coefficient (Wildman–Crippen LogP) is 1.84. The first kappa shape index (κ1) is 21.9. The average molecular weight is 409 g/mol. The highest BCUT2D eigenvalue weighted by Crippen LogP contribution is 2.25. The van der Waals surface area contributed by atoms with Gasteiger partial charge >= 0.3 is 0 Å². The van der Waals surface area contributed by atoms with E-state index in [-0.39, 0.29) is 28.8 Å². The normalized spacial score (nSPS) is 11.4. The Balaban J connectivity index is 2.14. The molecule has 0 spiro atoms. The molecule has 1 amide bonds. The highest BCUT2D eigenvalue weighted by molar-refractivity contribution is 7.92. The second-order valence-electron chi connectivity index (χ2n) is 6.68. The van der Waals surface area contributed by atoms with E-state index in [1.807, 2.05) is 6.92 Å². The van der Waals surface area contributed by atoms with Crippen molar-refractivity contribution in [3.05, 3.63) is 41.6 Å². The van der Waals surface area contributed by atoms with Crippen LogP contribution in [-0.2, 0) is 17.1 Å². The van der Waals surface area contributed by atoms with E-state index in [4.69, 9.17) is 5.11 Å². The Morgan fingerprint density at radius 2 is 1.82 bits per heavy atom. The zero-order valence-corrected chi connectivity index (χ0v) is 17.4. The number of aromatic nitrogens is 2. The predicted molar refractivity (Wildman–Crippen MR) is 108 cm³/mol. The van der Waals surface area contributed by atoms with Gasteiger partial charge in [-0.1, -0.05) is 30.5 Å². The van der Waals surface area contributed by atoms with Gasteiger partial charge in [0.2, 0.25) is 0 Å². The number of nitrogens with zero attached hydrogens (tertiary/aromatic N) is 3. The number of nitrogens with one attached hydrogen (secondary N) is 1. The summed E-state index contributed by atoms with van der Waals surface area (Å²) in [6.45, 7) is 2.54. The smallest absolute Gasteiger partial charge is 0.265 e. The molecule has 8 nitrogen and oxygen atoms in total. The molecule has 28 heavy (non-hydrogen) atoms. The molecule has 2 rings (SSSR count). The van der Waals surface area contributed by atoms with Gasteiger partial charge in [-0.05, 0) is 31.9 Å². The molecular weight excluding hydrogens is 380 g/mol. The van der Waals surface area contributed by atoms with E-state index < -0.39 is 10.0 Å². The van der Waals surface area contributed by atoms with Gasteiger partial charge < -0.3 is 10.4 Å². The van der Waals surface area contributed by atoms with E-state index in [9.17, 15) is 13.2 Å². The minimum atomic E-state index is -3.82. The minimum Gasteiger partial charge on any atom is -0.396 e. The maximum Gasteiger partial charge on any atom is 0.265 e. The number of amides is 1. The standard InChI is InChI=1S/C19H28N4O4S/c1-15-8-10-16(11-9-15)28(26,27)23(3)19-17(14-21-22(19)2)18(25)20-12-6-4-5-7-13-24/h8-11,14,24H,4-7,12-13H2,1-3H3,(H,20,25). The number of aliphatic hydroxyl groups excluding tert-OH is 1. The fraction of sp³-hybridized carbons (Fsp3) is 0.474. The summed E-state index contributed by atoms with van der Waals surface area (Å²) in [5.74, 6) is -0.158. The lowest BCUT2D eigenvalue weighted by atomic mass is 10.2. The summed E-state index contributed by atoms with van der Waals surface area (Å²) in [7, 11) is -0.810. The van der Waals surface area contributed by atoms with Crippen LogP contribution in [0.15, 0.2) is 35.4 Å². The summed E-state index contributed by atoms with van der Waals surface area (Å²) in [6, 6.07) is 6.55. The van der Waals surface area contributed by atoms with Gasteiger partial charge in [0.25, 0.3) is 15.9 Å². The van der Waals surface area contributed by atoms with E-state index in [1.165, 1.54) is 17.9 Å². The van der Waals surface area contributed by atoms with Crippen molar-refractivity contribution in [3.8, 4) is 0 Å². The molecule has 0 radical (unpaired) electrons. The van der Waals surface area contributed by atoms with Gasteiger partial charge in [-0.3, -0.25) is 13.8 Å². The first-order valence-electron chi connectivity index (χ1n) is 9.25. The van der Waals surface area contributed by atoms with E-state index in [0.29, 0.717) is 6.54 Å². The van der Waals surface area contributed by atoms with Gasteiger partial charge in [-0.2, -0.15) is 5.10 Å². The zero-order valence-electron chi connectivity index (χ0n) is 16.6. The Bertz CT molecular complexity index is 891. The van der Waals surface area contributed by atoms with Crippen LogP contribution < -0.4 is 9.62 Å². The van der Waals surface area contributed by atoms with Crippen molar-refractivity contribution in [2.75, 3.05) is 24.5 Å². The maximum atomic E-state index is 13.0. The third-order valence-corrected chi connectivity index (χ3v) is 6.26. The lowest BCUT2D eigenvalue weighted by molar-refractivity contribution is 0.0953. The molecule has 1 heterocycles. The molecule has 1 aromatic heterocycles. The quantitative estimate of drug-likeness (QED) is 0.584. The number of hydrogen-bond acceptors (Lipinski definition) is 5. The summed E-state index contributed by atoms with van der Waals surface area (Å²) in [6.07, 6.45) is 4.73. The number of unbranched alkanes of at least 4 members (excludes halogenated alkanes) is 3. The highest BCUT2D eigenvalue weighted by Gasteiger charge is 2.28. The van der Waals surface area contributed by atoms with E-state index in [0.717, 1.165) is 35.6 Å². The van der Waals surface area contributed by atoms with E-state index >= 15 is 0 Å². The first-order valence-corrected chi connectivity index (χ1v) is 10.7. The molecule has 0 saturated heterocycles. The summed E-state index contributed by atoms with van der Waals surface area (Å²) in [5, 5.41) is 15.7. The van der Waals surface area contributed by atoms with Crippen molar-refractivity contribution in [1.82, 2.24) is 15.1 Å². The van der Waals surface area contributed by atoms with Gasteiger partial charge in [0, 0.05) is 27.2 Å². The number of aryl methyl sites for hydroxylation is 2.